The van der Waals surface area contributed by atoms with Crippen LogP contribution in [0.5, 0.6) is 11.5 Å². The van der Waals surface area contributed by atoms with Gasteiger partial charge in [-0.25, -0.2) is 4.68 Å². The van der Waals surface area contributed by atoms with Gasteiger partial charge >= 0.3 is 0 Å². The van der Waals surface area contributed by atoms with Gasteiger partial charge in [-0.05, 0) is 41.5 Å². The Balaban J connectivity index is 1.51. The van der Waals surface area contributed by atoms with Gasteiger partial charge in [0.2, 0.25) is 5.91 Å². The fraction of sp³-hybridized carbons (Fsp3) is 0.105. The second-order valence-corrected chi connectivity index (χ2v) is 6.27. The number of hydrogen-bond donors (Lipinski definition) is 3. The zero-order valence-corrected chi connectivity index (χ0v) is 15.0. The number of nitrogens with one attached hydrogen (secondary N) is 1. The molecule has 0 radical (unpaired) electrons. The number of amides is 1. The Morgan fingerprint density at radius 2 is 1.93 bits per heavy atom. The number of phenolic OH excluding ortho intramolecular Hbond substituents is 2. The van der Waals surface area contributed by atoms with Crippen LogP contribution in [-0.4, -0.2) is 31.1 Å². The summed E-state index contributed by atoms with van der Waals surface area (Å²) >= 11 is 5.87. The van der Waals surface area contributed by atoms with Gasteiger partial charge in [0.1, 0.15) is 5.69 Å². The largest absolute Gasteiger partial charge is 0.504 e. The number of phenols is 2. The van der Waals surface area contributed by atoms with Gasteiger partial charge in [-0.15, -0.1) is 5.10 Å². The van der Waals surface area contributed by atoms with Crippen molar-refractivity contribution in [3.05, 3.63) is 76.6 Å². The van der Waals surface area contributed by atoms with E-state index in [9.17, 15) is 15.0 Å². The summed E-state index contributed by atoms with van der Waals surface area (Å²) in [5.41, 5.74) is 2.27. The fourth-order valence-corrected chi connectivity index (χ4v) is 2.45. The van der Waals surface area contributed by atoms with E-state index in [1.807, 2.05) is 24.3 Å². The van der Waals surface area contributed by atoms with Crippen LogP contribution in [-0.2, 0) is 17.9 Å². The number of rotatable bonds is 6. The first-order valence-corrected chi connectivity index (χ1v) is 8.49. The molecule has 0 aliphatic heterocycles. The summed E-state index contributed by atoms with van der Waals surface area (Å²) in [6.07, 6.45) is 4.63. The van der Waals surface area contributed by atoms with E-state index in [0.717, 1.165) is 5.56 Å². The third-order valence-corrected chi connectivity index (χ3v) is 3.97. The maximum absolute atomic E-state index is 11.9. The minimum Gasteiger partial charge on any atom is -0.504 e. The van der Waals surface area contributed by atoms with E-state index in [2.05, 4.69) is 15.6 Å². The first-order valence-electron chi connectivity index (χ1n) is 8.11. The van der Waals surface area contributed by atoms with Gasteiger partial charge < -0.3 is 15.5 Å². The van der Waals surface area contributed by atoms with E-state index in [-0.39, 0.29) is 24.0 Å². The summed E-state index contributed by atoms with van der Waals surface area (Å²) in [6, 6.07) is 11.8. The molecule has 2 aromatic carbocycles. The Morgan fingerprint density at radius 1 is 1.15 bits per heavy atom. The number of carbonyl (C=O) groups excluding carboxylic acids is 1. The number of hydrogen-bond acceptors (Lipinski definition) is 5. The van der Waals surface area contributed by atoms with Gasteiger partial charge in [-0.3, -0.25) is 4.79 Å². The second-order valence-electron chi connectivity index (χ2n) is 5.83. The number of halogens is 1. The molecule has 1 amide bonds. The molecule has 0 aliphatic carbocycles. The van der Waals surface area contributed by atoms with Gasteiger partial charge in [-0.2, -0.15) is 0 Å². The lowest BCUT2D eigenvalue weighted by Gasteiger charge is -2.01. The van der Waals surface area contributed by atoms with Crippen LogP contribution in [0.3, 0.4) is 0 Å². The summed E-state index contributed by atoms with van der Waals surface area (Å²) in [5.74, 6) is -0.761. The number of aromatic nitrogens is 3. The van der Waals surface area contributed by atoms with Crippen LogP contribution >= 0.6 is 11.6 Å². The molecule has 0 bridgehead atoms. The van der Waals surface area contributed by atoms with Crippen molar-refractivity contribution < 1.29 is 15.0 Å². The molecule has 1 aromatic heterocycles. The number of aromatic hydroxyl groups is 2. The van der Waals surface area contributed by atoms with E-state index in [1.165, 1.54) is 24.3 Å². The molecule has 138 valence electrons. The van der Waals surface area contributed by atoms with Gasteiger partial charge in [0, 0.05) is 11.1 Å². The van der Waals surface area contributed by atoms with Gasteiger partial charge in [0.25, 0.3) is 0 Å². The molecule has 0 spiro atoms. The number of nitrogens with zero attached hydrogens (tertiary/aromatic N) is 3. The minimum absolute atomic E-state index is 0.210. The molecule has 0 saturated heterocycles. The van der Waals surface area contributed by atoms with Gasteiger partial charge in [-0.1, -0.05) is 35.0 Å². The topological polar surface area (TPSA) is 100 Å². The zero-order valence-electron chi connectivity index (χ0n) is 14.2. The van der Waals surface area contributed by atoms with Crippen molar-refractivity contribution in [3.8, 4) is 11.5 Å². The van der Waals surface area contributed by atoms with Crippen molar-refractivity contribution >= 4 is 23.6 Å². The normalized spacial score (nSPS) is 11.0. The van der Waals surface area contributed by atoms with E-state index in [4.69, 9.17) is 11.6 Å². The predicted octanol–water partition coefficient (Wildman–Crippen LogP) is 2.72. The Bertz CT molecular complexity index is 967. The van der Waals surface area contributed by atoms with Crippen molar-refractivity contribution in [3.63, 3.8) is 0 Å². The predicted molar refractivity (Wildman–Crippen MR) is 101 cm³/mol. The molecular weight excluding hydrogens is 368 g/mol. The van der Waals surface area contributed by atoms with E-state index >= 15 is 0 Å². The first kappa shape index (κ1) is 18.5. The number of carbonyl (C=O) groups is 1. The highest BCUT2D eigenvalue weighted by atomic mass is 35.5. The van der Waals surface area contributed by atoms with Crippen molar-refractivity contribution in [2.75, 3.05) is 0 Å². The number of benzene rings is 2. The monoisotopic (exact) mass is 384 g/mol. The average Bonchev–Trinajstić information content (AvgIpc) is 3.10. The molecule has 3 rings (SSSR count). The van der Waals surface area contributed by atoms with Crippen LogP contribution in [0.2, 0.25) is 5.02 Å². The highest BCUT2D eigenvalue weighted by Gasteiger charge is 2.04. The third-order valence-electron chi connectivity index (χ3n) is 3.71. The van der Waals surface area contributed by atoms with Gasteiger partial charge in [0.15, 0.2) is 11.5 Å². The van der Waals surface area contributed by atoms with E-state index < -0.39 is 0 Å². The van der Waals surface area contributed by atoms with Crippen LogP contribution in [0.15, 0.2) is 54.7 Å². The lowest BCUT2D eigenvalue weighted by atomic mass is 10.2. The maximum Gasteiger partial charge on any atom is 0.244 e. The minimum atomic E-state index is -0.310. The zero-order chi connectivity index (χ0) is 19.2. The Hall–Kier alpha value is -3.32. The summed E-state index contributed by atoms with van der Waals surface area (Å²) < 4.78 is 1.68. The van der Waals surface area contributed by atoms with Crippen molar-refractivity contribution in [2.24, 2.45) is 0 Å². The Morgan fingerprint density at radius 3 is 2.67 bits per heavy atom. The molecule has 7 nitrogen and oxygen atoms in total. The molecular formula is C19H17ClN4O3. The van der Waals surface area contributed by atoms with E-state index in [0.29, 0.717) is 22.8 Å². The molecule has 0 fully saturated rings. The standard InChI is InChI=1S/C19H17ClN4O3/c20-15-5-1-14(2-6-15)11-24-12-16(22-23-24)10-21-19(27)8-4-13-3-7-17(25)18(26)9-13/h1-9,12,25-26H,10-11H2,(H,21,27)/b8-4+. The van der Waals surface area contributed by atoms with Crippen LogP contribution in [0.4, 0.5) is 0 Å². The molecule has 0 unspecified atom stereocenters. The van der Waals surface area contributed by atoms with Crippen LogP contribution in [0.25, 0.3) is 6.08 Å². The molecule has 0 atom stereocenters. The van der Waals surface area contributed by atoms with Crippen molar-refractivity contribution in [1.29, 1.82) is 0 Å². The first-order chi connectivity index (χ1) is 13.0. The lowest BCUT2D eigenvalue weighted by Crippen LogP contribution is -2.20. The second kappa shape index (κ2) is 8.37. The molecule has 3 N–H and O–H groups in total. The third kappa shape index (κ3) is 5.32. The molecule has 0 aliphatic rings. The molecule has 27 heavy (non-hydrogen) atoms. The molecule has 3 aromatic rings. The van der Waals surface area contributed by atoms with Crippen LogP contribution in [0, 0.1) is 0 Å². The lowest BCUT2D eigenvalue weighted by molar-refractivity contribution is -0.116. The molecule has 1 heterocycles. The summed E-state index contributed by atoms with van der Waals surface area (Å²) in [4.78, 5) is 11.9. The highest BCUT2D eigenvalue weighted by molar-refractivity contribution is 6.30. The quantitative estimate of drug-likeness (QED) is 0.448. The van der Waals surface area contributed by atoms with E-state index in [1.54, 1.807) is 16.9 Å². The Labute approximate surface area is 160 Å². The molecule has 0 saturated carbocycles. The van der Waals surface area contributed by atoms with Crippen LogP contribution < -0.4 is 5.32 Å². The Kier molecular flexibility index (Phi) is 5.73. The summed E-state index contributed by atoms with van der Waals surface area (Å²) in [6.45, 7) is 0.799. The maximum atomic E-state index is 11.9. The average molecular weight is 385 g/mol. The summed E-state index contributed by atoms with van der Waals surface area (Å²) in [7, 11) is 0. The van der Waals surface area contributed by atoms with Crippen molar-refractivity contribution in [2.45, 2.75) is 13.1 Å². The van der Waals surface area contributed by atoms with Crippen molar-refractivity contribution in [1.82, 2.24) is 20.3 Å². The SMILES string of the molecule is O=C(/C=C/c1ccc(O)c(O)c1)NCc1cn(Cc2ccc(Cl)cc2)nn1. The van der Waals surface area contributed by atoms with Crippen LogP contribution in [0.1, 0.15) is 16.8 Å². The summed E-state index contributed by atoms with van der Waals surface area (Å²) in [5, 5.41) is 30.1. The molecule has 8 heteroatoms. The van der Waals surface area contributed by atoms with Gasteiger partial charge in [0.05, 0.1) is 19.3 Å². The smallest absolute Gasteiger partial charge is 0.244 e. The fourth-order valence-electron chi connectivity index (χ4n) is 2.33. The highest BCUT2D eigenvalue weighted by Crippen LogP contribution is 2.25.